The van der Waals surface area contributed by atoms with Crippen LogP contribution in [-0.2, 0) is 0 Å². The maximum absolute atomic E-state index is 5.78. The molecule has 1 heterocycles. The number of hydrogen-bond acceptors (Lipinski definition) is 1. The molecule has 11 heavy (non-hydrogen) atoms. The molecule has 0 aliphatic rings. The van der Waals surface area contributed by atoms with E-state index in [0.29, 0.717) is 0 Å². The number of rotatable bonds is 0. The van der Waals surface area contributed by atoms with E-state index in [9.17, 15) is 0 Å². The van der Waals surface area contributed by atoms with E-state index in [4.69, 9.17) is 5.73 Å². The molecule has 0 spiro atoms. The molecule has 0 bridgehead atoms. The predicted octanol–water partition coefficient (Wildman–Crippen LogP) is 2.35. The lowest BCUT2D eigenvalue weighted by Crippen LogP contribution is -1.85. The highest BCUT2D eigenvalue weighted by atomic mass is 127. The fourth-order valence-corrected chi connectivity index (χ4v) is 1.81. The molecule has 0 saturated carbocycles. The first-order valence-corrected chi connectivity index (χ1v) is 4.37. The molecule has 1 aromatic heterocycles. The van der Waals surface area contributed by atoms with Gasteiger partial charge in [0, 0.05) is 26.4 Å². The Labute approximate surface area is 77.9 Å². The fraction of sp³-hybridized carbons (Fsp3) is 0. The minimum absolute atomic E-state index is 0.841. The Morgan fingerprint density at radius 2 is 2.18 bits per heavy atom. The molecule has 0 aliphatic carbocycles. The normalized spacial score (nSPS) is 10.6. The molecule has 0 aliphatic heterocycles. The van der Waals surface area contributed by atoms with Crippen molar-refractivity contribution in [2.24, 2.45) is 0 Å². The van der Waals surface area contributed by atoms with E-state index in [-0.39, 0.29) is 0 Å². The molecule has 0 unspecified atom stereocenters. The van der Waals surface area contributed by atoms with Crippen LogP contribution in [0.5, 0.6) is 0 Å². The van der Waals surface area contributed by atoms with Crippen molar-refractivity contribution in [1.82, 2.24) is 4.98 Å². The van der Waals surface area contributed by atoms with Gasteiger partial charge in [0.15, 0.2) is 0 Å². The van der Waals surface area contributed by atoms with Gasteiger partial charge in [-0.1, -0.05) is 0 Å². The second-order valence-corrected chi connectivity index (χ2v) is 3.68. The Kier molecular flexibility index (Phi) is 1.52. The van der Waals surface area contributed by atoms with Crippen LogP contribution in [0.25, 0.3) is 10.9 Å². The second-order valence-electron chi connectivity index (χ2n) is 2.43. The number of halogens is 1. The topological polar surface area (TPSA) is 41.8 Å². The van der Waals surface area contributed by atoms with Gasteiger partial charge in [0.2, 0.25) is 0 Å². The van der Waals surface area contributed by atoms with Crippen LogP contribution in [0.15, 0.2) is 24.4 Å². The molecule has 56 valence electrons. The van der Waals surface area contributed by atoms with Crippen LogP contribution in [-0.4, -0.2) is 4.98 Å². The minimum atomic E-state index is 0.841. The molecular formula is C8H7IN2. The SMILES string of the molecule is Nc1cc(I)cc2[nH]ccc12. The van der Waals surface area contributed by atoms with Crippen LogP contribution in [0.2, 0.25) is 0 Å². The molecule has 2 rings (SSSR count). The van der Waals surface area contributed by atoms with Crippen molar-refractivity contribution in [3.05, 3.63) is 28.0 Å². The van der Waals surface area contributed by atoms with Crippen LogP contribution in [0.1, 0.15) is 0 Å². The smallest absolute Gasteiger partial charge is 0.0485 e. The van der Waals surface area contributed by atoms with Crippen LogP contribution >= 0.6 is 22.6 Å². The summed E-state index contributed by atoms with van der Waals surface area (Å²) in [7, 11) is 0. The number of anilines is 1. The zero-order chi connectivity index (χ0) is 7.84. The van der Waals surface area contributed by atoms with Crippen molar-refractivity contribution < 1.29 is 0 Å². The maximum Gasteiger partial charge on any atom is 0.0485 e. The summed E-state index contributed by atoms with van der Waals surface area (Å²) in [6.45, 7) is 0. The number of benzene rings is 1. The van der Waals surface area contributed by atoms with Crippen molar-refractivity contribution in [2.75, 3.05) is 5.73 Å². The summed E-state index contributed by atoms with van der Waals surface area (Å²) in [5.41, 5.74) is 7.72. The monoisotopic (exact) mass is 258 g/mol. The second kappa shape index (κ2) is 2.41. The molecule has 3 heteroatoms. The number of H-pyrrole nitrogens is 1. The summed E-state index contributed by atoms with van der Waals surface area (Å²) in [6, 6.07) is 6.03. The van der Waals surface area contributed by atoms with E-state index in [0.717, 1.165) is 20.2 Å². The Morgan fingerprint density at radius 1 is 1.36 bits per heavy atom. The Morgan fingerprint density at radius 3 is 3.00 bits per heavy atom. The first-order chi connectivity index (χ1) is 5.27. The van der Waals surface area contributed by atoms with Gasteiger partial charge in [-0.15, -0.1) is 0 Å². The molecule has 0 radical (unpaired) electrons. The van der Waals surface area contributed by atoms with E-state index < -0.39 is 0 Å². The molecule has 2 nitrogen and oxygen atoms in total. The van der Waals surface area contributed by atoms with E-state index >= 15 is 0 Å². The highest BCUT2D eigenvalue weighted by Gasteiger charge is 1.98. The van der Waals surface area contributed by atoms with Crippen molar-refractivity contribution in [3.63, 3.8) is 0 Å². The van der Waals surface area contributed by atoms with Gasteiger partial charge >= 0.3 is 0 Å². The standard InChI is InChI=1S/C8H7IN2/c9-5-3-7(10)6-1-2-11-8(6)4-5/h1-4,11H,10H2. The predicted molar refractivity (Wildman–Crippen MR) is 55.4 cm³/mol. The highest BCUT2D eigenvalue weighted by molar-refractivity contribution is 14.1. The van der Waals surface area contributed by atoms with E-state index in [1.807, 2.05) is 18.3 Å². The van der Waals surface area contributed by atoms with Gasteiger partial charge in [-0.2, -0.15) is 0 Å². The molecule has 3 N–H and O–H groups in total. The molecule has 2 aromatic rings. The molecule has 0 fully saturated rings. The third-order valence-electron chi connectivity index (χ3n) is 1.67. The van der Waals surface area contributed by atoms with Crippen LogP contribution < -0.4 is 5.73 Å². The number of hydrogen-bond donors (Lipinski definition) is 2. The molecule has 0 amide bonds. The zero-order valence-electron chi connectivity index (χ0n) is 5.76. The van der Waals surface area contributed by atoms with Crippen molar-refractivity contribution in [3.8, 4) is 0 Å². The molecule has 0 atom stereocenters. The van der Waals surface area contributed by atoms with Gasteiger partial charge in [0.25, 0.3) is 0 Å². The highest BCUT2D eigenvalue weighted by Crippen LogP contribution is 2.22. The lowest BCUT2D eigenvalue weighted by molar-refractivity contribution is 1.47. The zero-order valence-corrected chi connectivity index (χ0v) is 7.92. The van der Waals surface area contributed by atoms with Crippen molar-refractivity contribution in [2.45, 2.75) is 0 Å². The summed E-state index contributed by atoms with van der Waals surface area (Å²) < 4.78 is 1.16. The number of nitrogen functional groups attached to an aromatic ring is 1. The van der Waals surface area contributed by atoms with Crippen molar-refractivity contribution in [1.29, 1.82) is 0 Å². The summed E-state index contributed by atoms with van der Waals surface area (Å²) >= 11 is 2.25. The number of nitrogens with two attached hydrogens (primary N) is 1. The number of aromatic amines is 1. The summed E-state index contributed by atoms with van der Waals surface area (Å²) in [6.07, 6.45) is 1.90. The van der Waals surface area contributed by atoms with Crippen LogP contribution in [0, 0.1) is 3.57 Å². The number of nitrogens with one attached hydrogen (secondary N) is 1. The largest absolute Gasteiger partial charge is 0.398 e. The average molecular weight is 258 g/mol. The van der Waals surface area contributed by atoms with Gasteiger partial charge in [-0.3, -0.25) is 0 Å². The lowest BCUT2D eigenvalue weighted by atomic mass is 10.2. The average Bonchev–Trinajstić information content (AvgIpc) is 2.34. The first kappa shape index (κ1) is 6.97. The van der Waals surface area contributed by atoms with E-state index in [2.05, 4.69) is 33.6 Å². The third-order valence-corrected chi connectivity index (χ3v) is 2.29. The first-order valence-electron chi connectivity index (χ1n) is 3.29. The van der Waals surface area contributed by atoms with Gasteiger partial charge in [-0.05, 0) is 40.8 Å². The van der Waals surface area contributed by atoms with Gasteiger partial charge in [-0.25, -0.2) is 0 Å². The Hall–Kier alpha value is -0.710. The summed E-state index contributed by atoms with van der Waals surface area (Å²) in [4.78, 5) is 3.12. The molecular weight excluding hydrogens is 251 g/mol. The number of aromatic nitrogens is 1. The van der Waals surface area contributed by atoms with Crippen molar-refractivity contribution >= 4 is 39.2 Å². The fourth-order valence-electron chi connectivity index (χ4n) is 1.16. The van der Waals surface area contributed by atoms with Gasteiger partial charge < -0.3 is 10.7 Å². The molecule has 1 aromatic carbocycles. The van der Waals surface area contributed by atoms with E-state index in [1.165, 1.54) is 0 Å². The lowest BCUT2D eigenvalue weighted by Gasteiger charge is -1.96. The third kappa shape index (κ3) is 1.09. The Bertz CT molecular complexity index is 392. The Balaban J connectivity index is 2.91. The summed E-state index contributed by atoms with van der Waals surface area (Å²) in [5.74, 6) is 0. The quantitative estimate of drug-likeness (QED) is 0.552. The van der Waals surface area contributed by atoms with Gasteiger partial charge in [0.05, 0.1) is 0 Å². The minimum Gasteiger partial charge on any atom is -0.398 e. The van der Waals surface area contributed by atoms with Crippen LogP contribution in [0.4, 0.5) is 5.69 Å². The summed E-state index contributed by atoms with van der Waals surface area (Å²) in [5, 5.41) is 1.10. The van der Waals surface area contributed by atoms with E-state index in [1.54, 1.807) is 0 Å². The molecule has 0 saturated heterocycles. The van der Waals surface area contributed by atoms with Crippen LogP contribution in [0.3, 0.4) is 0 Å². The maximum atomic E-state index is 5.78. The number of fused-ring (bicyclic) bond motifs is 1. The van der Waals surface area contributed by atoms with Gasteiger partial charge in [0.1, 0.15) is 0 Å².